The first-order valence-electron chi connectivity index (χ1n) is 6.84. The van der Waals surface area contributed by atoms with Crippen molar-refractivity contribution < 1.29 is 4.74 Å². The van der Waals surface area contributed by atoms with E-state index in [9.17, 15) is 0 Å². The summed E-state index contributed by atoms with van der Waals surface area (Å²) in [7, 11) is 0. The summed E-state index contributed by atoms with van der Waals surface area (Å²) in [6.07, 6.45) is 5.61. The average Bonchev–Trinajstić information content (AvgIpc) is 2.82. The Morgan fingerprint density at radius 3 is 2.75 bits per heavy atom. The molecular weight excluding hydrogens is 299 g/mol. The third kappa shape index (κ3) is 3.40. The Balaban J connectivity index is 2.32. The maximum Gasteiger partial charge on any atom is 0.225 e. The van der Waals surface area contributed by atoms with Gasteiger partial charge in [0.1, 0.15) is 11.7 Å². The van der Waals surface area contributed by atoms with Crippen LogP contribution in [0.4, 0.5) is 0 Å². The minimum Gasteiger partial charge on any atom is -0.358 e. The van der Waals surface area contributed by atoms with E-state index in [2.05, 4.69) is 28.8 Å². The van der Waals surface area contributed by atoms with Gasteiger partial charge in [0.25, 0.3) is 0 Å². The van der Waals surface area contributed by atoms with Gasteiger partial charge in [0.15, 0.2) is 10.8 Å². The van der Waals surface area contributed by atoms with Crippen LogP contribution in [0.25, 0.3) is 11.2 Å². The molecule has 0 saturated carbocycles. The number of imidazole rings is 1. The molecule has 0 aliphatic carbocycles. The van der Waals surface area contributed by atoms with Gasteiger partial charge >= 0.3 is 0 Å². The summed E-state index contributed by atoms with van der Waals surface area (Å²) in [6.45, 7) is 4.97. The lowest BCUT2D eigenvalue weighted by molar-refractivity contribution is -0.00302. The van der Waals surface area contributed by atoms with Gasteiger partial charge in [0, 0.05) is 6.61 Å². The lowest BCUT2D eigenvalue weighted by Crippen LogP contribution is -2.13. The number of unbranched alkanes of at least 4 members (excludes halogenated alkanes) is 1. The van der Waals surface area contributed by atoms with Crippen LogP contribution in [0.15, 0.2) is 6.33 Å². The molecule has 2 heterocycles. The molecule has 0 radical (unpaired) electrons. The van der Waals surface area contributed by atoms with E-state index in [1.54, 1.807) is 6.33 Å². The zero-order chi connectivity index (χ0) is 14.5. The molecular formula is C13H18Cl2N4O. The second kappa shape index (κ2) is 7.20. The fourth-order valence-corrected chi connectivity index (χ4v) is 2.40. The molecule has 0 aliphatic rings. The van der Waals surface area contributed by atoms with Crippen molar-refractivity contribution in [1.29, 1.82) is 0 Å². The first kappa shape index (κ1) is 15.5. The van der Waals surface area contributed by atoms with Crippen molar-refractivity contribution in [2.24, 2.45) is 0 Å². The molecule has 2 aromatic heterocycles. The van der Waals surface area contributed by atoms with Crippen molar-refractivity contribution >= 4 is 34.4 Å². The van der Waals surface area contributed by atoms with Gasteiger partial charge in [-0.05, 0) is 24.4 Å². The smallest absolute Gasteiger partial charge is 0.225 e. The van der Waals surface area contributed by atoms with Crippen LogP contribution in [0.3, 0.4) is 0 Å². The van der Waals surface area contributed by atoms with E-state index in [-0.39, 0.29) is 16.7 Å². The molecule has 0 N–H and O–H groups in total. The molecule has 0 fully saturated rings. The van der Waals surface area contributed by atoms with Crippen molar-refractivity contribution in [3.63, 3.8) is 0 Å². The van der Waals surface area contributed by atoms with Crippen LogP contribution in [0.5, 0.6) is 0 Å². The summed E-state index contributed by atoms with van der Waals surface area (Å²) < 4.78 is 7.81. The summed E-state index contributed by atoms with van der Waals surface area (Å²) in [6, 6.07) is 0. The third-order valence-electron chi connectivity index (χ3n) is 3.01. The second-order valence-corrected chi connectivity index (χ2v) is 5.27. The van der Waals surface area contributed by atoms with Crippen molar-refractivity contribution in [2.75, 3.05) is 6.61 Å². The zero-order valence-electron chi connectivity index (χ0n) is 11.6. The predicted molar refractivity (Wildman–Crippen MR) is 80.1 cm³/mol. The lowest BCUT2D eigenvalue weighted by Gasteiger charge is -2.19. The minimum atomic E-state index is -0.0985. The fourth-order valence-electron chi connectivity index (χ4n) is 1.98. The van der Waals surface area contributed by atoms with Gasteiger partial charge in [0.2, 0.25) is 5.28 Å². The highest BCUT2D eigenvalue weighted by Crippen LogP contribution is 2.25. The molecule has 0 saturated heterocycles. The molecule has 0 aliphatic heterocycles. The second-order valence-electron chi connectivity index (χ2n) is 4.58. The molecule has 1 unspecified atom stereocenters. The first-order valence-corrected chi connectivity index (χ1v) is 7.60. The number of nitrogens with zero attached hydrogens (tertiary/aromatic N) is 4. The zero-order valence-corrected chi connectivity index (χ0v) is 13.2. The van der Waals surface area contributed by atoms with E-state index in [0.29, 0.717) is 17.8 Å². The van der Waals surface area contributed by atoms with E-state index < -0.39 is 0 Å². The fraction of sp³-hybridized carbons (Fsp3) is 0.615. The Morgan fingerprint density at radius 1 is 1.25 bits per heavy atom. The van der Waals surface area contributed by atoms with Gasteiger partial charge in [-0.15, -0.1) is 0 Å². The van der Waals surface area contributed by atoms with E-state index >= 15 is 0 Å². The first-order chi connectivity index (χ1) is 9.67. The molecule has 0 amide bonds. The Kier molecular flexibility index (Phi) is 5.57. The lowest BCUT2D eigenvalue weighted by atomic mass is 10.3. The van der Waals surface area contributed by atoms with Crippen molar-refractivity contribution in [2.45, 2.75) is 45.8 Å². The quantitative estimate of drug-likeness (QED) is 0.435. The molecule has 20 heavy (non-hydrogen) atoms. The number of hydrogen-bond donors (Lipinski definition) is 0. The van der Waals surface area contributed by atoms with Crippen LogP contribution in [0, 0.1) is 0 Å². The van der Waals surface area contributed by atoms with Gasteiger partial charge in [0.05, 0.1) is 6.33 Å². The molecule has 7 heteroatoms. The number of ether oxygens (including phenoxy) is 1. The van der Waals surface area contributed by atoms with E-state index in [0.717, 1.165) is 25.7 Å². The topological polar surface area (TPSA) is 52.8 Å². The van der Waals surface area contributed by atoms with Gasteiger partial charge in [-0.25, -0.2) is 9.97 Å². The SMILES string of the molecule is CCCCOC(CCC)n1cnc2c(Cl)nc(Cl)nc21. The highest BCUT2D eigenvalue weighted by molar-refractivity contribution is 6.35. The number of fused-ring (bicyclic) bond motifs is 1. The Bertz CT molecular complexity index is 573. The van der Waals surface area contributed by atoms with Crippen molar-refractivity contribution in [3.8, 4) is 0 Å². The van der Waals surface area contributed by atoms with E-state index in [1.165, 1.54) is 0 Å². The van der Waals surface area contributed by atoms with Crippen LogP contribution >= 0.6 is 23.2 Å². The molecule has 5 nitrogen and oxygen atoms in total. The highest BCUT2D eigenvalue weighted by Gasteiger charge is 2.17. The van der Waals surface area contributed by atoms with Crippen LogP contribution in [-0.4, -0.2) is 26.1 Å². The van der Waals surface area contributed by atoms with Crippen LogP contribution < -0.4 is 0 Å². The Hall–Kier alpha value is -0.910. The largest absolute Gasteiger partial charge is 0.358 e. The normalized spacial score (nSPS) is 13.0. The number of rotatable bonds is 7. The molecule has 0 bridgehead atoms. The Morgan fingerprint density at radius 2 is 2.05 bits per heavy atom. The number of halogens is 2. The molecule has 0 aromatic carbocycles. The van der Waals surface area contributed by atoms with Gasteiger partial charge in [-0.2, -0.15) is 4.98 Å². The predicted octanol–water partition coefficient (Wildman–Crippen LogP) is 4.25. The Labute approximate surface area is 128 Å². The van der Waals surface area contributed by atoms with E-state index in [4.69, 9.17) is 27.9 Å². The average molecular weight is 317 g/mol. The van der Waals surface area contributed by atoms with E-state index in [1.807, 2.05) is 4.57 Å². The third-order valence-corrected chi connectivity index (χ3v) is 3.44. The standard InChI is InChI=1S/C13H18Cl2N4O/c1-3-5-7-20-9(6-4-2)19-8-16-10-11(14)17-13(15)18-12(10)19/h8-9H,3-7H2,1-2H3. The molecule has 2 rings (SSSR count). The van der Waals surface area contributed by atoms with Crippen molar-refractivity contribution in [1.82, 2.24) is 19.5 Å². The maximum absolute atomic E-state index is 6.03. The molecule has 2 aromatic rings. The summed E-state index contributed by atoms with van der Waals surface area (Å²) in [4.78, 5) is 12.4. The summed E-state index contributed by atoms with van der Waals surface area (Å²) in [5.74, 6) is 0. The van der Waals surface area contributed by atoms with Gasteiger partial charge in [-0.3, -0.25) is 4.57 Å². The number of aromatic nitrogens is 4. The summed E-state index contributed by atoms with van der Waals surface area (Å²) in [5.41, 5.74) is 1.17. The van der Waals surface area contributed by atoms with Gasteiger partial charge < -0.3 is 4.74 Å². The number of hydrogen-bond acceptors (Lipinski definition) is 4. The highest BCUT2D eigenvalue weighted by atomic mass is 35.5. The van der Waals surface area contributed by atoms with Crippen LogP contribution in [0.1, 0.15) is 45.8 Å². The summed E-state index contributed by atoms with van der Waals surface area (Å²) in [5, 5.41) is 0.385. The summed E-state index contributed by atoms with van der Waals surface area (Å²) >= 11 is 11.9. The molecule has 1 atom stereocenters. The minimum absolute atomic E-state index is 0.0985. The molecule has 110 valence electrons. The van der Waals surface area contributed by atoms with Gasteiger partial charge in [-0.1, -0.05) is 38.3 Å². The maximum atomic E-state index is 6.03. The monoisotopic (exact) mass is 316 g/mol. The van der Waals surface area contributed by atoms with Crippen molar-refractivity contribution in [3.05, 3.63) is 16.8 Å². The molecule has 0 spiro atoms. The van der Waals surface area contributed by atoms with Crippen LogP contribution in [0.2, 0.25) is 10.4 Å². The van der Waals surface area contributed by atoms with Crippen LogP contribution in [-0.2, 0) is 4.74 Å².